The molecule has 6 rings (SSSR count). The van der Waals surface area contributed by atoms with Crippen LogP contribution in [0.2, 0.25) is 0 Å². The topological polar surface area (TPSA) is 107 Å². The lowest BCUT2D eigenvalue weighted by atomic mass is 10.1. The standard InChI is InChI=1S/C29H31N7O4/c1-20-13-27(33-29(32-20)36-10-9-30-18-36)35-12-11-34(16-22-5-8-25-26(14-22)40-19-39-25)24(17-35)28(37)31-15-21-3-6-23(38-2)7-4-21/h3-10,13-14,18,24H,11-12,15-17,19H2,1-2H3,(H,31,37). The van der Waals surface area contributed by atoms with Gasteiger partial charge in [-0.2, -0.15) is 4.98 Å². The monoisotopic (exact) mass is 541 g/mol. The number of benzene rings is 2. The molecule has 0 radical (unpaired) electrons. The number of hydrogen-bond acceptors (Lipinski definition) is 9. The number of carbonyl (C=O) groups excluding carboxylic acids is 1. The minimum atomic E-state index is -0.399. The van der Waals surface area contributed by atoms with Gasteiger partial charge in [0.15, 0.2) is 11.5 Å². The summed E-state index contributed by atoms with van der Waals surface area (Å²) in [6, 6.07) is 15.2. The Morgan fingerprint density at radius 1 is 1.05 bits per heavy atom. The van der Waals surface area contributed by atoms with Gasteiger partial charge in [-0.3, -0.25) is 14.3 Å². The van der Waals surface area contributed by atoms with E-state index < -0.39 is 6.04 Å². The van der Waals surface area contributed by atoms with E-state index in [4.69, 9.17) is 19.2 Å². The molecule has 0 saturated carbocycles. The minimum Gasteiger partial charge on any atom is -0.497 e. The van der Waals surface area contributed by atoms with Gasteiger partial charge < -0.3 is 24.4 Å². The quantitative estimate of drug-likeness (QED) is 0.360. The van der Waals surface area contributed by atoms with Crippen LogP contribution >= 0.6 is 0 Å². The van der Waals surface area contributed by atoms with Crippen molar-refractivity contribution in [2.45, 2.75) is 26.1 Å². The number of rotatable bonds is 8. The zero-order valence-electron chi connectivity index (χ0n) is 22.5. The number of aromatic nitrogens is 4. The van der Waals surface area contributed by atoms with Crippen molar-refractivity contribution in [2.24, 2.45) is 0 Å². The van der Waals surface area contributed by atoms with Crippen LogP contribution < -0.4 is 24.4 Å². The summed E-state index contributed by atoms with van der Waals surface area (Å²) in [7, 11) is 1.64. The predicted molar refractivity (Wildman–Crippen MR) is 148 cm³/mol. The van der Waals surface area contributed by atoms with Crippen LogP contribution in [-0.2, 0) is 17.9 Å². The number of ether oxygens (including phenoxy) is 3. The fourth-order valence-corrected chi connectivity index (χ4v) is 4.98. The van der Waals surface area contributed by atoms with Crippen molar-refractivity contribution in [3.05, 3.63) is 84.1 Å². The molecule has 2 aromatic carbocycles. The molecule has 2 aromatic heterocycles. The lowest BCUT2D eigenvalue weighted by molar-refractivity contribution is -0.127. The van der Waals surface area contributed by atoms with Crippen LogP contribution in [0.15, 0.2) is 67.3 Å². The van der Waals surface area contributed by atoms with E-state index in [0.29, 0.717) is 38.7 Å². The highest BCUT2D eigenvalue weighted by molar-refractivity contribution is 5.82. The summed E-state index contributed by atoms with van der Waals surface area (Å²) in [6.07, 6.45) is 5.19. The molecule has 1 fully saturated rings. The molecular weight excluding hydrogens is 510 g/mol. The molecule has 206 valence electrons. The average Bonchev–Trinajstić information content (AvgIpc) is 3.69. The highest BCUT2D eigenvalue weighted by Crippen LogP contribution is 2.33. The molecule has 1 saturated heterocycles. The van der Waals surface area contributed by atoms with E-state index in [0.717, 1.165) is 39.9 Å². The summed E-state index contributed by atoms with van der Waals surface area (Å²) in [4.78, 5) is 31.5. The molecule has 11 heteroatoms. The Morgan fingerprint density at radius 3 is 2.67 bits per heavy atom. The maximum Gasteiger partial charge on any atom is 0.239 e. The molecule has 4 aromatic rings. The Bertz CT molecular complexity index is 1480. The van der Waals surface area contributed by atoms with Crippen LogP contribution in [0, 0.1) is 6.92 Å². The third-order valence-electron chi connectivity index (χ3n) is 7.13. The molecule has 0 aliphatic carbocycles. The Balaban J connectivity index is 1.22. The number of nitrogens with one attached hydrogen (secondary N) is 1. The van der Waals surface area contributed by atoms with Crippen LogP contribution in [0.4, 0.5) is 5.82 Å². The van der Waals surface area contributed by atoms with Crippen molar-refractivity contribution in [2.75, 3.05) is 38.4 Å². The highest BCUT2D eigenvalue weighted by Gasteiger charge is 2.33. The van der Waals surface area contributed by atoms with Crippen LogP contribution in [0.3, 0.4) is 0 Å². The van der Waals surface area contributed by atoms with Crippen LogP contribution in [0.5, 0.6) is 17.2 Å². The Labute approximate surface area is 232 Å². The van der Waals surface area contributed by atoms with Crippen LogP contribution in [-0.4, -0.2) is 69.9 Å². The summed E-state index contributed by atoms with van der Waals surface area (Å²) in [5.41, 5.74) is 2.91. The van der Waals surface area contributed by atoms with E-state index in [2.05, 4.69) is 25.1 Å². The molecule has 4 heterocycles. The van der Waals surface area contributed by atoms with Gasteiger partial charge in [0, 0.05) is 56.9 Å². The normalized spacial score (nSPS) is 16.6. The summed E-state index contributed by atoms with van der Waals surface area (Å²) < 4.78 is 18.1. The van der Waals surface area contributed by atoms with E-state index in [1.165, 1.54) is 0 Å². The van der Waals surface area contributed by atoms with E-state index >= 15 is 0 Å². The summed E-state index contributed by atoms with van der Waals surface area (Å²) in [5.74, 6) is 3.56. The number of fused-ring (bicyclic) bond motifs is 1. The van der Waals surface area contributed by atoms with E-state index in [-0.39, 0.29) is 12.7 Å². The van der Waals surface area contributed by atoms with Crippen molar-refractivity contribution in [1.82, 2.24) is 29.7 Å². The lowest BCUT2D eigenvalue weighted by Gasteiger charge is -2.41. The largest absolute Gasteiger partial charge is 0.497 e. The predicted octanol–water partition coefficient (Wildman–Crippen LogP) is 2.72. The lowest BCUT2D eigenvalue weighted by Crippen LogP contribution is -2.58. The second kappa shape index (κ2) is 11.2. The van der Waals surface area contributed by atoms with Gasteiger partial charge in [0.2, 0.25) is 18.6 Å². The second-order valence-electron chi connectivity index (χ2n) is 9.82. The van der Waals surface area contributed by atoms with E-state index in [9.17, 15) is 4.79 Å². The third kappa shape index (κ3) is 5.55. The first-order valence-electron chi connectivity index (χ1n) is 13.2. The number of piperazine rings is 1. The SMILES string of the molecule is COc1ccc(CNC(=O)C2CN(c3cc(C)nc(-n4ccnc4)n3)CCN2Cc2ccc3c(c2)OCO3)cc1. The molecule has 0 bridgehead atoms. The summed E-state index contributed by atoms with van der Waals surface area (Å²) >= 11 is 0. The molecule has 11 nitrogen and oxygen atoms in total. The molecule has 0 spiro atoms. The van der Waals surface area contributed by atoms with Crippen molar-refractivity contribution in [3.63, 3.8) is 0 Å². The van der Waals surface area contributed by atoms with Crippen molar-refractivity contribution in [1.29, 1.82) is 0 Å². The van der Waals surface area contributed by atoms with E-state index in [1.807, 2.05) is 61.7 Å². The second-order valence-corrected chi connectivity index (χ2v) is 9.82. The molecular formula is C29H31N7O4. The average molecular weight is 542 g/mol. The van der Waals surface area contributed by atoms with Gasteiger partial charge in [-0.15, -0.1) is 0 Å². The van der Waals surface area contributed by atoms with Crippen molar-refractivity contribution < 1.29 is 19.0 Å². The molecule has 40 heavy (non-hydrogen) atoms. The Hall–Kier alpha value is -4.64. The van der Waals surface area contributed by atoms with Gasteiger partial charge in [-0.25, -0.2) is 9.97 Å². The van der Waals surface area contributed by atoms with Crippen molar-refractivity contribution >= 4 is 11.7 Å². The smallest absolute Gasteiger partial charge is 0.239 e. The van der Waals surface area contributed by atoms with E-state index in [1.54, 1.807) is 24.2 Å². The number of amides is 1. The fraction of sp³-hybridized carbons (Fsp3) is 0.310. The first-order chi connectivity index (χ1) is 19.6. The van der Waals surface area contributed by atoms with Gasteiger partial charge in [0.1, 0.15) is 23.9 Å². The number of aryl methyl sites for hydroxylation is 1. The van der Waals surface area contributed by atoms with Crippen LogP contribution in [0.1, 0.15) is 16.8 Å². The number of hydrogen-bond donors (Lipinski definition) is 1. The Kier molecular flexibility index (Phi) is 7.19. The number of nitrogens with zero attached hydrogens (tertiary/aromatic N) is 6. The number of imidazole rings is 1. The van der Waals surface area contributed by atoms with Gasteiger partial charge >= 0.3 is 0 Å². The Morgan fingerprint density at radius 2 is 1.88 bits per heavy atom. The fourth-order valence-electron chi connectivity index (χ4n) is 4.98. The zero-order valence-corrected chi connectivity index (χ0v) is 22.5. The van der Waals surface area contributed by atoms with Gasteiger partial charge in [-0.1, -0.05) is 18.2 Å². The minimum absolute atomic E-state index is 0.0399. The van der Waals surface area contributed by atoms with Gasteiger partial charge in [0.25, 0.3) is 0 Å². The molecule has 1 N–H and O–H groups in total. The van der Waals surface area contributed by atoms with Gasteiger partial charge in [0.05, 0.1) is 7.11 Å². The van der Waals surface area contributed by atoms with Crippen molar-refractivity contribution in [3.8, 4) is 23.2 Å². The molecule has 1 atom stereocenters. The molecule has 2 aliphatic heterocycles. The number of anilines is 1. The maximum atomic E-state index is 13.7. The number of carbonyl (C=O) groups is 1. The molecule has 2 aliphatic rings. The highest BCUT2D eigenvalue weighted by atomic mass is 16.7. The third-order valence-corrected chi connectivity index (χ3v) is 7.13. The molecule has 1 unspecified atom stereocenters. The zero-order chi connectivity index (χ0) is 27.5. The first kappa shape index (κ1) is 25.6. The molecule has 1 amide bonds. The summed E-state index contributed by atoms with van der Waals surface area (Å²) in [5, 5.41) is 3.14. The van der Waals surface area contributed by atoms with Crippen LogP contribution in [0.25, 0.3) is 5.95 Å². The number of methoxy groups -OCH3 is 1. The maximum absolute atomic E-state index is 13.7. The van der Waals surface area contributed by atoms with Gasteiger partial charge in [-0.05, 0) is 42.3 Å². The first-order valence-corrected chi connectivity index (χ1v) is 13.2. The summed E-state index contributed by atoms with van der Waals surface area (Å²) in [6.45, 7) is 5.08.